The fourth-order valence-electron chi connectivity index (χ4n) is 2.99. The summed E-state index contributed by atoms with van der Waals surface area (Å²) in [7, 11) is 2.94. The second-order valence-corrected chi connectivity index (χ2v) is 6.16. The highest BCUT2D eigenvalue weighted by Crippen LogP contribution is 2.33. The SMILES string of the molecule is CCOC(=O)c1c2c(/C(=C/C(=O)c3ccc(OC)cc3)OC)ccccc-2oc1=O. The highest BCUT2D eigenvalue weighted by atomic mass is 16.5. The molecule has 0 unspecified atom stereocenters. The third-order valence-corrected chi connectivity index (χ3v) is 4.40. The number of benzene rings is 1. The van der Waals surface area contributed by atoms with E-state index in [1.807, 2.05) is 0 Å². The maximum atomic E-state index is 12.8. The molecule has 0 saturated carbocycles. The molecule has 3 rings (SSSR count). The Hall–Kier alpha value is -3.87. The van der Waals surface area contributed by atoms with Crippen molar-refractivity contribution in [2.24, 2.45) is 0 Å². The first-order chi connectivity index (χ1) is 14.5. The van der Waals surface area contributed by atoms with E-state index in [1.165, 1.54) is 20.3 Å². The third kappa shape index (κ3) is 4.10. The Bertz CT molecular complexity index is 1120. The van der Waals surface area contributed by atoms with E-state index < -0.39 is 11.6 Å². The van der Waals surface area contributed by atoms with Crippen LogP contribution in [0.1, 0.15) is 33.2 Å². The molecule has 1 heterocycles. The minimum absolute atomic E-state index is 0.0994. The number of furan rings is 1. The van der Waals surface area contributed by atoms with Gasteiger partial charge in [0.05, 0.1) is 26.4 Å². The van der Waals surface area contributed by atoms with Gasteiger partial charge in [0.2, 0.25) is 0 Å². The van der Waals surface area contributed by atoms with E-state index in [0.717, 1.165) is 0 Å². The van der Waals surface area contributed by atoms with Crippen LogP contribution in [0.3, 0.4) is 0 Å². The standard InChI is InChI=1S/C23H20O7/c1-4-29-22(25)21-20-16(7-5-6-8-18(20)30-23(21)26)19(28-3)13-17(24)14-9-11-15(27-2)12-10-14/h5-13H,4H2,1-3H3/b19-13-. The van der Waals surface area contributed by atoms with Gasteiger partial charge in [0.1, 0.15) is 17.3 Å². The Balaban J connectivity index is 2.14. The average molecular weight is 408 g/mol. The number of ketones is 1. The molecule has 0 aromatic heterocycles. The van der Waals surface area contributed by atoms with Crippen LogP contribution in [0.2, 0.25) is 0 Å². The van der Waals surface area contributed by atoms with Crippen molar-refractivity contribution in [1.29, 1.82) is 0 Å². The number of hydrogen-bond acceptors (Lipinski definition) is 7. The van der Waals surface area contributed by atoms with Crippen molar-refractivity contribution < 1.29 is 28.2 Å². The molecular weight excluding hydrogens is 388 g/mol. The molecule has 0 fully saturated rings. The quantitative estimate of drug-likeness (QED) is 0.254. The van der Waals surface area contributed by atoms with E-state index in [2.05, 4.69) is 0 Å². The molecule has 7 nitrogen and oxygen atoms in total. The van der Waals surface area contributed by atoms with Crippen LogP contribution in [0.4, 0.5) is 0 Å². The molecule has 0 atom stereocenters. The zero-order valence-electron chi connectivity index (χ0n) is 16.8. The molecule has 0 saturated heterocycles. The average Bonchev–Trinajstić information content (AvgIpc) is 2.95. The number of carbonyl (C=O) groups is 2. The van der Waals surface area contributed by atoms with Gasteiger partial charge < -0.3 is 18.6 Å². The predicted octanol–water partition coefficient (Wildman–Crippen LogP) is 3.80. The predicted molar refractivity (Wildman–Crippen MR) is 110 cm³/mol. The Morgan fingerprint density at radius 2 is 1.73 bits per heavy atom. The van der Waals surface area contributed by atoms with Gasteiger partial charge in [-0.25, -0.2) is 9.59 Å². The molecule has 0 amide bonds. The van der Waals surface area contributed by atoms with Crippen LogP contribution in [-0.2, 0) is 9.47 Å². The summed E-state index contributed by atoms with van der Waals surface area (Å²) in [6.45, 7) is 1.74. The Labute approximate surface area is 172 Å². The van der Waals surface area contributed by atoms with Crippen molar-refractivity contribution in [3.8, 4) is 17.1 Å². The van der Waals surface area contributed by atoms with E-state index in [4.69, 9.17) is 18.6 Å². The molecule has 0 bridgehead atoms. The van der Waals surface area contributed by atoms with Gasteiger partial charge >= 0.3 is 11.6 Å². The Morgan fingerprint density at radius 3 is 2.37 bits per heavy atom. The van der Waals surface area contributed by atoms with Gasteiger partial charge in [0, 0.05) is 17.2 Å². The number of rotatable bonds is 7. The summed E-state index contributed by atoms with van der Waals surface area (Å²) in [6, 6.07) is 13.1. The van der Waals surface area contributed by atoms with Crippen molar-refractivity contribution in [2.45, 2.75) is 6.92 Å². The fraction of sp³-hybridized carbons (Fsp3) is 0.174. The van der Waals surface area contributed by atoms with Crippen molar-refractivity contribution in [2.75, 3.05) is 20.8 Å². The minimum Gasteiger partial charge on any atom is -0.497 e. The highest BCUT2D eigenvalue weighted by molar-refractivity contribution is 6.09. The lowest BCUT2D eigenvalue weighted by Crippen LogP contribution is -2.14. The van der Waals surface area contributed by atoms with E-state index in [0.29, 0.717) is 16.9 Å². The van der Waals surface area contributed by atoms with Gasteiger partial charge in [-0.1, -0.05) is 18.2 Å². The summed E-state index contributed by atoms with van der Waals surface area (Å²) in [6.07, 6.45) is 1.29. The largest absolute Gasteiger partial charge is 0.497 e. The molecule has 0 radical (unpaired) electrons. The van der Waals surface area contributed by atoms with E-state index in [1.54, 1.807) is 55.5 Å². The topological polar surface area (TPSA) is 92.0 Å². The zero-order chi connectivity index (χ0) is 21.7. The molecular formula is C23H20O7. The molecule has 7 heteroatoms. The van der Waals surface area contributed by atoms with Gasteiger partial charge in [-0.3, -0.25) is 4.79 Å². The molecule has 1 aromatic carbocycles. The van der Waals surface area contributed by atoms with Crippen molar-refractivity contribution in [1.82, 2.24) is 0 Å². The number of hydrogen-bond donors (Lipinski definition) is 0. The summed E-state index contributed by atoms with van der Waals surface area (Å²) < 4.78 is 20.8. The second kappa shape index (κ2) is 9.09. The van der Waals surface area contributed by atoms with Gasteiger partial charge in [0.25, 0.3) is 0 Å². The van der Waals surface area contributed by atoms with E-state index in [9.17, 15) is 14.4 Å². The summed E-state index contributed by atoms with van der Waals surface area (Å²) >= 11 is 0. The monoisotopic (exact) mass is 408 g/mol. The third-order valence-electron chi connectivity index (χ3n) is 4.40. The summed E-state index contributed by atoms with van der Waals surface area (Å²) in [5, 5.41) is 0. The highest BCUT2D eigenvalue weighted by Gasteiger charge is 2.28. The molecule has 0 N–H and O–H groups in total. The van der Waals surface area contributed by atoms with Crippen LogP contribution in [0.5, 0.6) is 5.75 Å². The van der Waals surface area contributed by atoms with Crippen molar-refractivity contribution in [3.05, 3.63) is 81.7 Å². The van der Waals surface area contributed by atoms with Crippen LogP contribution < -0.4 is 10.4 Å². The molecule has 154 valence electrons. The summed E-state index contributed by atoms with van der Waals surface area (Å²) in [5.41, 5.74) is -0.0534. The lowest BCUT2D eigenvalue weighted by molar-refractivity contribution is 0.0524. The number of fused-ring (bicyclic) bond motifs is 1. The van der Waals surface area contributed by atoms with Crippen molar-refractivity contribution >= 4 is 17.5 Å². The van der Waals surface area contributed by atoms with Crippen LogP contribution in [-0.4, -0.2) is 32.6 Å². The molecule has 30 heavy (non-hydrogen) atoms. The van der Waals surface area contributed by atoms with E-state index in [-0.39, 0.29) is 35.0 Å². The van der Waals surface area contributed by atoms with Gasteiger partial charge in [-0.05, 0) is 37.3 Å². The second-order valence-electron chi connectivity index (χ2n) is 6.16. The van der Waals surface area contributed by atoms with E-state index >= 15 is 0 Å². The lowest BCUT2D eigenvalue weighted by atomic mass is 10.0. The number of methoxy groups -OCH3 is 2. The lowest BCUT2D eigenvalue weighted by Gasteiger charge is -2.09. The molecule has 1 aliphatic heterocycles. The van der Waals surface area contributed by atoms with Gasteiger partial charge in [0.15, 0.2) is 11.3 Å². The van der Waals surface area contributed by atoms with Gasteiger partial charge in [-0.2, -0.15) is 0 Å². The summed E-state index contributed by atoms with van der Waals surface area (Å²) in [4.78, 5) is 37.5. The molecule has 1 aliphatic carbocycles. The number of ether oxygens (including phenoxy) is 3. The molecule has 2 aliphatic rings. The van der Waals surface area contributed by atoms with Crippen LogP contribution in [0.25, 0.3) is 17.1 Å². The Kier molecular flexibility index (Phi) is 6.32. The first-order valence-corrected chi connectivity index (χ1v) is 9.17. The van der Waals surface area contributed by atoms with Crippen LogP contribution in [0.15, 0.2) is 63.8 Å². The fourth-order valence-corrected chi connectivity index (χ4v) is 2.99. The maximum Gasteiger partial charge on any atom is 0.351 e. The smallest absolute Gasteiger partial charge is 0.351 e. The maximum absolute atomic E-state index is 12.8. The van der Waals surface area contributed by atoms with Crippen LogP contribution in [0, 0.1) is 0 Å². The molecule has 1 aromatic rings. The molecule has 0 spiro atoms. The summed E-state index contributed by atoms with van der Waals surface area (Å²) in [5.74, 6) is -0.144. The zero-order valence-corrected chi connectivity index (χ0v) is 16.8. The number of allylic oxidation sites excluding steroid dienone is 1. The number of carbonyl (C=O) groups excluding carboxylic acids is 2. The normalized spacial score (nSPS) is 11.2. The Morgan fingerprint density at radius 1 is 1.03 bits per heavy atom. The van der Waals surface area contributed by atoms with Gasteiger partial charge in [-0.15, -0.1) is 0 Å². The van der Waals surface area contributed by atoms with Crippen molar-refractivity contribution in [3.63, 3.8) is 0 Å². The van der Waals surface area contributed by atoms with Crippen LogP contribution >= 0.6 is 0 Å². The first-order valence-electron chi connectivity index (χ1n) is 9.17. The minimum atomic E-state index is -0.812. The first kappa shape index (κ1) is 20.9. The number of esters is 1.